The third-order valence-corrected chi connectivity index (χ3v) is 2.75. The highest BCUT2D eigenvalue weighted by Crippen LogP contribution is 2.20. The maximum Gasteiger partial charge on any atom is 0.248 e. The average Bonchev–Trinajstić information content (AvgIpc) is 2.30. The van der Waals surface area contributed by atoms with Crippen LogP contribution in [0.25, 0.3) is 0 Å². The number of rotatable bonds is 6. The molecule has 0 heterocycles. The van der Waals surface area contributed by atoms with Gasteiger partial charge in [-0.25, -0.2) is 0 Å². The molecule has 0 aliphatic rings. The Bertz CT molecular complexity index is 428. The molecule has 0 unspecified atom stereocenters. The lowest BCUT2D eigenvalue weighted by Crippen LogP contribution is -2.23. The van der Waals surface area contributed by atoms with Crippen LogP contribution in [-0.4, -0.2) is 24.9 Å². The van der Waals surface area contributed by atoms with Crippen molar-refractivity contribution >= 4 is 11.8 Å². The van der Waals surface area contributed by atoms with E-state index in [1.165, 1.54) is 12.1 Å². The minimum absolute atomic E-state index is 0.347. The molecule has 1 aromatic carbocycles. The molecular formula is C12H18N4O2. The number of amides is 2. The summed E-state index contributed by atoms with van der Waals surface area (Å²) in [6, 6.07) is 3.01. The predicted molar refractivity (Wildman–Crippen MR) is 69.0 cm³/mol. The number of hydrogen-bond donors (Lipinski definition) is 4. The van der Waals surface area contributed by atoms with E-state index in [4.69, 9.17) is 22.9 Å². The van der Waals surface area contributed by atoms with Crippen molar-refractivity contribution in [3.8, 4) is 0 Å². The number of benzene rings is 1. The van der Waals surface area contributed by atoms with Gasteiger partial charge in [-0.1, -0.05) is 0 Å². The van der Waals surface area contributed by atoms with E-state index in [1.807, 2.05) is 0 Å². The van der Waals surface area contributed by atoms with Gasteiger partial charge in [0.15, 0.2) is 0 Å². The second kappa shape index (κ2) is 6.13. The lowest BCUT2D eigenvalue weighted by Gasteiger charge is -2.15. The highest BCUT2D eigenvalue weighted by atomic mass is 16.1. The predicted octanol–water partition coefficient (Wildman–Crippen LogP) is -1.11. The van der Waals surface area contributed by atoms with Gasteiger partial charge < -0.3 is 22.9 Å². The Morgan fingerprint density at radius 2 is 1.17 bits per heavy atom. The molecule has 0 fully saturated rings. The van der Waals surface area contributed by atoms with Gasteiger partial charge in [-0.2, -0.15) is 0 Å². The van der Waals surface area contributed by atoms with Crippen LogP contribution in [-0.2, 0) is 12.8 Å². The SMILES string of the molecule is NCCc1c(C(N)=O)ccc(C(N)=O)c1CCN. The summed E-state index contributed by atoms with van der Waals surface area (Å²) in [6.07, 6.45) is 0.906. The molecule has 0 saturated heterocycles. The summed E-state index contributed by atoms with van der Waals surface area (Å²) in [5, 5.41) is 0. The van der Waals surface area contributed by atoms with Crippen LogP contribution in [0.4, 0.5) is 0 Å². The molecule has 98 valence electrons. The lowest BCUT2D eigenvalue weighted by molar-refractivity contribution is 0.0986. The second-order valence-corrected chi connectivity index (χ2v) is 3.92. The molecule has 0 radical (unpaired) electrons. The highest BCUT2D eigenvalue weighted by molar-refractivity contribution is 5.99. The quantitative estimate of drug-likeness (QED) is 0.508. The first-order valence-corrected chi connectivity index (χ1v) is 5.67. The number of primary amides is 2. The van der Waals surface area contributed by atoms with Gasteiger partial charge in [0.25, 0.3) is 0 Å². The number of nitrogens with two attached hydrogens (primary N) is 4. The minimum atomic E-state index is -0.548. The summed E-state index contributed by atoms with van der Waals surface area (Å²) in [5.41, 5.74) is 23.7. The molecule has 0 aromatic heterocycles. The standard InChI is InChI=1S/C12H18N4O2/c13-5-3-7-8(4-6-14)10(12(16)18)2-1-9(7)11(15)17/h1-2H,3-6,13-14H2,(H2,15,17)(H2,16,18). The summed E-state index contributed by atoms with van der Waals surface area (Å²) in [7, 11) is 0. The Hall–Kier alpha value is -1.92. The van der Waals surface area contributed by atoms with Gasteiger partial charge in [0.05, 0.1) is 0 Å². The maximum atomic E-state index is 11.4. The van der Waals surface area contributed by atoms with Gasteiger partial charge in [-0.15, -0.1) is 0 Å². The first-order chi connectivity index (χ1) is 8.52. The summed E-state index contributed by atoms with van der Waals surface area (Å²) in [5.74, 6) is -1.10. The van der Waals surface area contributed by atoms with Crippen molar-refractivity contribution in [3.63, 3.8) is 0 Å². The molecule has 6 heteroatoms. The molecule has 0 bridgehead atoms. The van der Waals surface area contributed by atoms with Gasteiger partial charge >= 0.3 is 0 Å². The van der Waals surface area contributed by atoms with Gasteiger partial charge in [0.1, 0.15) is 0 Å². The minimum Gasteiger partial charge on any atom is -0.366 e. The van der Waals surface area contributed by atoms with Crippen LogP contribution in [0.2, 0.25) is 0 Å². The molecule has 18 heavy (non-hydrogen) atoms. The maximum absolute atomic E-state index is 11.4. The largest absolute Gasteiger partial charge is 0.366 e. The molecule has 1 rings (SSSR count). The van der Waals surface area contributed by atoms with E-state index >= 15 is 0 Å². The van der Waals surface area contributed by atoms with E-state index in [0.29, 0.717) is 48.2 Å². The summed E-state index contributed by atoms with van der Waals surface area (Å²) in [4.78, 5) is 22.7. The molecule has 0 aliphatic heterocycles. The summed E-state index contributed by atoms with van der Waals surface area (Å²) >= 11 is 0. The van der Waals surface area contributed by atoms with Gasteiger partial charge in [-0.05, 0) is 49.2 Å². The van der Waals surface area contributed by atoms with Gasteiger partial charge in [0, 0.05) is 11.1 Å². The molecule has 0 spiro atoms. The van der Waals surface area contributed by atoms with E-state index < -0.39 is 11.8 Å². The van der Waals surface area contributed by atoms with Crippen LogP contribution in [0.3, 0.4) is 0 Å². The van der Waals surface area contributed by atoms with E-state index in [1.54, 1.807) is 0 Å². The summed E-state index contributed by atoms with van der Waals surface area (Å²) in [6.45, 7) is 0.695. The van der Waals surface area contributed by atoms with Gasteiger partial charge in [0.2, 0.25) is 11.8 Å². The highest BCUT2D eigenvalue weighted by Gasteiger charge is 2.17. The van der Waals surface area contributed by atoms with Crippen LogP contribution >= 0.6 is 0 Å². The monoisotopic (exact) mass is 250 g/mol. The first-order valence-electron chi connectivity index (χ1n) is 5.67. The van der Waals surface area contributed by atoms with E-state index in [2.05, 4.69) is 0 Å². The van der Waals surface area contributed by atoms with Crippen LogP contribution < -0.4 is 22.9 Å². The van der Waals surface area contributed by atoms with Crippen LogP contribution in [0.15, 0.2) is 12.1 Å². The Labute approximate surface area is 105 Å². The van der Waals surface area contributed by atoms with Crippen molar-refractivity contribution in [2.45, 2.75) is 12.8 Å². The molecular weight excluding hydrogens is 232 g/mol. The second-order valence-electron chi connectivity index (χ2n) is 3.92. The van der Waals surface area contributed by atoms with Gasteiger partial charge in [-0.3, -0.25) is 9.59 Å². The normalized spacial score (nSPS) is 10.3. The fourth-order valence-electron chi connectivity index (χ4n) is 2.01. The van der Waals surface area contributed by atoms with Crippen molar-refractivity contribution in [1.82, 2.24) is 0 Å². The molecule has 0 saturated carbocycles. The number of carbonyl (C=O) groups is 2. The number of carbonyl (C=O) groups excluding carboxylic acids is 2. The zero-order valence-corrected chi connectivity index (χ0v) is 10.1. The zero-order valence-electron chi connectivity index (χ0n) is 10.1. The van der Waals surface area contributed by atoms with E-state index in [0.717, 1.165) is 0 Å². The molecule has 0 atom stereocenters. The third kappa shape index (κ3) is 2.85. The van der Waals surface area contributed by atoms with Crippen LogP contribution in [0.5, 0.6) is 0 Å². The molecule has 2 amide bonds. The first kappa shape index (κ1) is 14.1. The molecule has 0 aliphatic carbocycles. The Balaban J connectivity index is 3.48. The van der Waals surface area contributed by atoms with Crippen molar-refractivity contribution in [1.29, 1.82) is 0 Å². The average molecular weight is 250 g/mol. The molecule has 8 N–H and O–H groups in total. The topological polar surface area (TPSA) is 138 Å². The van der Waals surface area contributed by atoms with Crippen molar-refractivity contribution in [3.05, 3.63) is 34.4 Å². The van der Waals surface area contributed by atoms with Crippen molar-refractivity contribution in [2.24, 2.45) is 22.9 Å². The van der Waals surface area contributed by atoms with Crippen molar-refractivity contribution < 1.29 is 9.59 Å². The van der Waals surface area contributed by atoms with E-state index in [-0.39, 0.29) is 0 Å². The zero-order chi connectivity index (χ0) is 13.7. The van der Waals surface area contributed by atoms with Crippen molar-refractivity contribution in [2.75, 3.05) is 13.1 Å². The number of hydrogen-bond acceptors (Lipinski definition) is 4. The van der Waals surface area contributed by atoms with Crippen LogP contribution in [0.1, 0.15) is 31.8 Å². The smallest absolute Gasteiger partial charge is 0.248 e. The van der Waals surface area contributed by atoms with Crippen LogP contribution in [0, 0.1) is 0 Å². The van der Waals surface area contributed by atoms with E-state index in [9.17, 15) is 9.59 Å². The third-order valence-electron chi connectivity index (χ3n) is 2.75. The fourth-order valence-corrected chi connectivity index (χ4v) is 2.01. The molecule has 1 aromatic rings. The Kier molecular flexibility index (Phi) is 4.82. The Morgan fingerprint density at radius 3 is 1.39 bits per heavy atom. The summed E-state index contributed by atoms with van der Waals surface area (Å²) < 4.78 is 0. The molecule has 6 nitrogen and oxygen atoms in total. The lowest BCUT2D eigenvalue weighted by atomic mass is 9.91. The fraction of sp³-hybridized carbons (Fsp3) is 0.333. The Morgan fingerprint density at radius 1 is 0.833 bits per heavy atom.